The minimum Gasteiger partial charge on any atom is -0.444 e. The molecule has 218 valence electrons. The van der Waals surface area contributed by atoms with Crippen molar-refractivity contribution in [2.24, 2.45) is 0 Å². The number of ether oxygens (including phenoxy) is 1. The first-order valence-electron chi connectivity index (χ1n) is 14.2. The molecule has 2 aromatic carbocycles. The number of hydrogen-bond acceptors (Lipinski definition) is 4. The van der Waals surface area contributed by atoms with Gasteiger partial charge in [-0.05, 0) is 74.9 Å². The molecule has 3 amide bonds. The Hall–Kier alpha value is -3.88. The smallest absolute Gasteiger partial charge is 0.408 e. The lowest BCUT2D eigenvalue weighted by Gasteiger charge is -2.41. The number of amides is 3. The van der Waals surface area contributed by atoms with Gasteiger partial charge in [-0.25, -0.2) is 9.18 Å². The molecule has 1 spiro atoms. The number of alkyl carbamates (subject to hydrolysis) is 1. The molecule has 2 N–H and O–H groups in total. The minimum absolute atomic E-state index is 0.102. The Morgan fingerprint density at radius 2 is 1.85 bits per heavy atom. The quantitative estimate of drug-likeness (QED) is 0.464. The van der Waals surface area contributed by atoms with Gasteiger partial charge in [-0.2, -0.15) is 0 Å². The Morgan fingerprint density at radius 3 is 2.54 bits per heavy atom. The number of H-pyrrole nitrogens is 1. The van der Waals surface area contributed by atoms with Crippen molar-refractivity contribution in [2.75, 3.05) is 27.2 Å². The van der Waals surface area contributed by atoms with Crippen molar-refractivity contribution in [1.29, 1.82) is 0 Å². The highest BCUT2D eigenvalue weighted by Gasteiger charge is 2.48. The highest BCUT2D eigenvalue weighted by atomic mass is 19.1. The molecule has 2 aliphatic rings. The molecular weight excluding hydrogens is 523 g/mol. The van der Waals surface area contributed by atoms with Crippen LogP contribution >= 0.6 is 0 Å². The van der Waals surface area contributed by atoms with E-state index in [0.717, 1.165) is 35.9 Å². The van der Waals surface area contributed by atoms with E-state index in [2.05, 4.69) is 22.4 Å². The lowest BCUT2D eigenvalue weighted by atomic mass is 9.73. The standard InChI is InChI=1S/C32H39FN4O4/c1-31(2,3)41-30(40)35-27(16-20-19-34-26-11-10-21(33)17-23(20)26)29(39)37-14-12-32(13-15-37)18-24(28(38)36(4)5)22-8-6-7-9-25(22)32/h6-11,17,19,24,27,34H,12-16,18H2,1-5H3,(H,35,40)/t24-,27?/m1/s1. The van der Waals surface area contributed by atoms with Crippen molar-refractivity contribution in [1.82, 2.24) is 20.1 Å². The van der Waals surface area contributed by atoms with Crippen LogP contribution in [-0.2, 0) is 26.2 Å². The predicted octanol–water partition coefficient (Wildman–Crippen LogP) is 4.88. The third-order valence-corrected chi connectivity index (χ3v) is 8.42. The lowest BCUT2D eigenvalue weighted by molar-refractivity contribution is -0.135. The van der Waals surface area contributed by atoms with Gasteiger partial charge in [0, 0.05) is 56.1 Å². The summed E-state index contributed by atoms with van der Waals surface area (Å²) in [5.74, 6) is -0.661. The van der Waals surface area contributed by atoms with E-state index in [1.807, 2.05) is 12.1 Å². The summed E-state index contributed by atoms with van der Waals surface area (Å²) >= 11 is 0. The number of halogens is 1. The molecule has 2 heterocycles. The number of nitrogens with zero attached hydrogens (tertiary/aromatic N) is 2. The molecule has 0 radical (unpaired) electrons. The highest BCUT2D eigenvalue weighted by Crippen LogP contribution is 2.52. The molecule has 8 nitrogen and oxygen atoms in total. The van der Waals surface area contributed by atoms with Gasteiger partial charge in [0.1, 0.15) is 17.5 Å². The average molecular weight is 563 g/mol. The average Bonchev–Trinajstić information content (AvgIpc) is 3.45. The molecule has 0 saturated carbocycles. The molecule has 0 bridgehead atoms. The summed E-state index contributed by atoms with van der Waals surface area (Å²) in [5, 5.41) is 3.46. The fourth-order valence-electron chi connectivity index (χ4n) is 6.46. The SMILES string of the molecule is CN(C)C(=O)[C@@H]1CC2(CCN(C(=O)C(Cc3c[nH]c4ccc(F)cc34)NC(=O)OC(C)(C)C)CC2)c2ccccc21. The number of aromatic nitrogens is 1. The topological polar surface area (TPSA) is 94.7 Å². The maximum absolute atomic E-state index is 14.0. The second-order valence-electron chi connectivity index (χ2n) is 12.6. The Labute approximate surface area is 240 Å². The normalized spacial score (nSPS) is 18.7. The predicted molar refractivity (Wildman–Crippen MR) is 155 cm³/mol. The third kappa shape index (κ3) is 5.80. The van der Waals surface area contributed by atoms with Crippen LogP contribution in [0.4, 0.5) is 9.18 Å². The second kappa shape index (κ2) is 10.8. The maximum atomic E-state index is 14.0. The molecule has 1 fully saturated rings. The van der Waals surface area contributed by atoms with Crippen molar-refractivity contribution in [3.05, 3.63) is 71.2 Å². The number of benzene rings is 2. The van der Waals surface area contributed by atoms with Gasteiger partial charge >= 0.3 is 6.09 Å². The van der Waals surface area contributed by atoms with Crippen molar-refractivity contribution >= 4 is 28.8 Å². The van der Waals surface area contributed by atoms with Crippen LogP contribution in [0.25, 0.3) is 10.9 Å². The Bertz CT molecular complexity index is 1470. The van der Waals surface area contributed by atoms with Crippen LogP contribution in [0.15, 0.2) is 48.7 Å². The maximum Gasteiger partial charge on any atom is 0.408 e. The zero-order chi connectivity index (χ0) is 29.5. The van der Waals surface area contributed by atoms with Crippen LogP contribution in [0, 0.1) is 5.82 Å². The van der Waals surface area contributed by atoms with E-state index in [4.69, 9.17) is 4.74 Å². The van der Waals surface area contributed by atoms with Crippen LogP contribution < -0.4 is 5.32 Å². The van der Waals surface area contributed by atoms with E-state index < -0.39 is 17.7 Å². The van der Waals surface area contributed by atoms with E-state index in [1.165, 1.54) is 17.7 Å². The molecule has 1 aliphatic heterocycles. The zero-order valence-corrected chi connectivity index (χ0v) is 24.4. The first-order valence-corrected chi connectivity index (χ1v) is 14.2. The Balaban J connectivity index is 1.36. The van der Waals surface area contributed by atoms with Crippen LogP contribution in [-0.4, -0.2) is 71.5 Å². The van der Waals surface area contributed by atoms with E-state index in [9.17, 15) is 18.8 Å². The molecule has 9 heteroatoms. The Morgan fingerprint density at radius 1 is 1.15 bits per heavy atom. The molecule has 1 unspecified atom stereocenters. The molecule has 41 heavy (non-hydrogen) atoms. The van der Waals surface area contributed by atoms with Gasteiger partial charge in [0.05, 0.1) is 5.92 Å². The molecule has 1 aliphatic carbocycles. The van der Waals surface area contributed by atoms with Crippen LogP contribution in [0.3, 0.4) is 0 Å². The molecule has 3 aromatic rings. The van der Waals surface area contributed by atoms with Crippen LogP contribution in [0.1, 0.15) is 62.6 Å². The van der Waals surface area contributed by atoms with Crippen LogP contribution in [0.5, 0.6) is 0 Å². The summed E-state index contributed by atoms with van der Waals surface area (Å²) < 4.78 is 19.5. The molecule has 2 atom stereocenters. The van der Waals surface area contributed by atoms with Crippen molar-refractivity contribution in [3.8, 4) is 0 Å². The van der Waals surface area contributed by atoms with E-state index in [-0.39, 0.29) is 35.4 Å². The molecule has 1 saturated heterocycles. The highest BCUT2D eigenvalue weighted by molar-refractivity contribution is 5.89. The summed E-state index contributed by atoms with van der Waals surface area (Å²) in [6.07, 6.45) is 3.45. The first kappa shape index (κ1) is 28.6. The summed E-state index contributed by atoms with van der Waals surface area (Å²) in [6.45, 7) is 6.31. The van der Waals surface area contributed by atoms with Gasteiger partial charge in [0.15, 0.2) is 0 Å². The van der Waals surface area contributed by atoms with Crippen molar-refractivity contribution in [2.45, 2.75) is 69.4 Å². The van der Waals surface area contributed by atoms with Gasteiger partial charge < -0.3 is 24.8 Å². The van der Waals surface area contributed by atoms with E-state index in [0.29, 0.717) is 18.5 Å². The van der Waals surface area contributed by atoms with E-state index in [1.54, 1.807) is 56.9 Å². The largest absolute Gasteiger partial charge is 0.444 e. The lowest BCUT2D eigenvalue weighted by Crippen LogP contribution is -2.54. The number of hydrogen-bond donors (Lipinski definition) is 2. The first-order chi connectivity index (χ1) is 19.4. The van der Waals surface area contributed by atoms with Gasteiger partial charge in [0.2, 0.25) is 11.8 Å². The number of likely N-dealkylation sites (tertiary alicyclic amines) is 1. The summed E-state index contributed by atoms with van der Waals surface area (Å²) in [4.78, 5) is 46.4. The summed E-state index contributed by atoms with van der Waals surface area (Å²) in [6, 6.07) is 11.8. The van der Waals surface area contributed by atoms with Gasteiger partial charge in [-0.3, -0.25) is 9.59 Å². The fourth-order valence-corrected chi connectivity index (χ4v) is 6.46. The number of nitrogens with one attached hydrogen (secondary N) is 2. The number of aromatic amines is 1. The van der Waals surface area contributed by atoms with Crippen LogP contribution in [0.2, 0.25) is 0 Å². The number of fused-ring (bicyclic) bond motifs is 3. The fraction of sp³-hybridized carbons (Fsp3) is 0.469. The van der Waals surface area contributed by atoms with Crippen molar-refractivity contribution < 1.29 is 23.5 Å². The zero-order valence-electron chi connectivity index (χ0n) is 24.4. The molecular formula is C32H39FN4O4. The van der Waals surface area contributed by atoms with Crippen molar-refractivity contribution in [3.63, 3.8) is 0 Å². The molecule has 5 rings (SSSR count). The monoisotopic (exact) mass is 562 g/mol. The number of likely N-dealkylation sites (N-methyl/N-ethyl adjacent to an activating group) is 1. The van der Waals surface area contributed by atoms with Gasteiger partial charge in [-0.1, -0.05) is 24.3 Å². The van der Waals surface area contributed by atoms with Gasteiger partial charge in [-0.15, -0.1) is 0 Å². The number of carbonyl (C=O) groups is 3. The summed E-state index contributed by atoms with van der Waals surface area (Å²) in [7, 11) is 3.58. The van der Waals surface area contributed by atoms with Gasteiger partial charge in [0.25, 0.3) is 0 Å². The second-order valence-corrected chi connectivity index (χ2v) is 12.6. The third-order valence-electron chi connectivity index (χ3n) is 8.42. The number of rotatable bonds is 5. The number of piperidine rings is 1. The van der Waals surface area contributed by atoms with E-state index >= 15 is 0 Å². The summed E-state index contributed by atoms with van der Waals surface area (Å²) in [5.41, 5.74) is 2.88. The minimum atomic E-state index is -0.889. The Kier molecular flexibility index (Phi) is 7.57. The number of carbonyl (C=O) groups excluding carboxylic acids is 3. The molecule has 1 aromatic heterocycles.